The van der Waals surface area contributed by atoms with Crippen molar-refractivity contribution in [3.63, 3.8) is 0 Å². The Morgan fingerprint density at radius 3 is 2.48 bits per heavy atom. The lowest BCUT2D eigenvalue weighted by molar-refractivity contribution is -0.142. The molecule has 54 heavy (non-hydrogen) atoms. The fraction of sp³-hybridized carbons (Fsp3) is 0.632. The van der Waals surface area contributed by atoms with Crippen LogP contribution < -0.4 is 10.6 Å². The van der Waals surface area contributed by atoms with Gasteiger partial charge in [0.1, 0.15) is 11.7 Å². The maximum absolute atomic E-state index is 14.4. The Balaban J connectivity index is 1.49. The van der Waals surface area contributed by atoms with Gasteiger partial charge < -0.3 is 25.4 Å². The molecule has 0 bridgehead atoms. The van der Waals surface area contributed by atoms with Gasteiger partial charge in [-0.1, -0.05) is 46.6 Å². The van der Waals surface area contributed by atoms with Crippen molar-refractivity contribution in [1.29, 1.82) is 0 Å². The van der Waals surface area contributed by atoms with Gasteiger partial charge in [0.2, 0.25) is 11.8 Å². The zero-order chi connectivity index (χ0) is 39.9. The second kappa shape index (κ2) is 18.6. The molecule has 0 radical (unpaired) electrons. The Morgan fingerprint density at radius 2 is 1.87 bits per heavy atom. The zero-order valence-corrected chi connectivity index (χ0v) is 32.5. The average Bonchev–Trinajstić information content (AvgIpc) is 3.63. The number of alkyl halides is 3. The lowest BCUT2D eigenvalue weighted by atomic mass is 9.79. The molecule has 1 aliphatic carbocycles. The number of piperidine rings is 1. The molecule has 6 atom stereocenters. The number of carboxylic acid groups (broad SMARTS) is 1. The number of methoxy groups -OCH3 is 1. The summed E-state index contributed by atoms with van der Waals surface area (Å²) in [6.07, 6.45) is -1.46. The van der Waals surface area contributed by atoms with Crippen molar-refractivity contribution >= 4 is 40.8 Å². The van der Waals surface area contributed by atoms with Crippen LogP contribution in [0.15, 0.2) is 23.6 Å². The molecule has 1 aromatic heterocycles. The van der Waals surface area contributed by atoms with Gasteiger partial charge in [0.05, 0.1) is 24.1 Å². The van der Waals surface area contributed by atoms with Gasteiger partial charge in [-0.05, 0) is 74.4 Å². The fourth-order valence-electron chi connectivity index (χ4n) is 7.28. The van der Waals surface area contributed by atoms with Crippen molar-refractivity contribution in [2.75, 3.05) is 33.9 Å². The molecule has 0 saturated carbocycles. The number of ether oxygens (including phenoxy) is 1. The quantitative estimate of drug-likeness (QED) is 0.196. The molecule has 2 aromatic rings. The van der Waals surface area contributed by atoms with Crippen LogP contribution in [0.3, 0.4) is 0 Å². The van der Waals surface area contributed by atoms with Gasteiger partial charge in [0.25, 0.3) is 5.91 Å². The van der Waals surface area contributed by atoms with E-state index in [1.54, 1.807) is 4.90 Å². The number of likely N-dealkylation sites (N-methyl/N-ethyl adjacent to an activating group) is 1. The Bertz CT molecular complexity index is 1670. The van der Waals surface area contributed by atoms with E-state index in [0.717, 1.165) is 42.9 Å². The molecule has 0 spiro atoms. The number of carboxylic acids is 1. The zero-order valence-electron chi connectivity index (χ0n) is 31.7. The minimum atomic E-state index is -4.63. The van der Waals surface area contributed by atoms with Crippen LogP contribution in [0.1, 0.15) is 109 Å². The average molecular weight is 780 g/mol. The standard InChI is InChI=1S/C38H52F3N5O7S/c1-7-22(4)32(44-34(49)29-10-8-9-13-45(29)5)36(50)46(14-15-53-6)30(21(2)3)19-31(47)35-43-28(20-54-35)33(48)42-25-16-23-11-12-24(38(39,40)41)17-26(23)27(18-25)37(51)52/h11-12,17,20-22,25,27,29-30,32H,7-10,13-16,18-19H2,1-6H3,(H,42,48)(H,44,49)(H,51,52)/t22?,25-,27+,29?,30+,32?/m0/s1. The number of fused-ring (bicyclic) bond motifs is 1. The Morgan fingerprint density at radius 1 is 1.15 bits per heavy atom. The van der Waals surface area contributed by atoms with Gasteiger partial charge in [-0.3, -0.25) is 28.9 Å². The molecule has 3 amide bonds. The predicted octanol–water partition coefficient (Wildman–Crippen LogP) is 5.16. The predicted molar refractivity (Wildman–Crippen MR) is 196 cm³/mol. The van der Waals surface area contributed by atoms with E-state index >= 15 is 0 Å². The van der Waals surface area contributed by atoms with Crippen molar-refractivity contribution in [2.24, 2.45) is 11.8 Å². The van der Waals surface area contributed by atoms with E-state index in [2.05, 4.69) is 15.6 Å². The molecular weight excluding hydrogens is 728 g/mol. The van der Waals surface area contributed by atoms with Gasteiger partial charge in [0.15, 0.2) is 10.8 Å². The number of Topliss-reactive ketones (excluding diaryl/α,β-unsaturated/α-hetero) is 1. The van der Waals surface area contributed by atoms with Crippen LogP contribution in [-0.2, 0) is 31.7 Å². The number of thiazole rings is 1. The lowest BCUT2D eigenvalue weighted by Gasteiger charge is -2.39. The SMILES string of the molecule is CCC(C)C(NC(=O)C1CCCCN1C)C(=O)N(CCOC)[C@H](CC(=O)c1nc(C(=O)N[C@H]2Cc3ccc(C(F)(F)F)cc3[C@H](C(=O)O)C2)cs1)C(C)C. The first-order valence-electron chi connectivity index (χ1n) is 18.5. The first kappa shape index (κ1) is 42.8. The maximum atomic E-state index is 14.4. The van der Waals surface area contributed by atoms with E-state index in [1.807, 2.05) is 39.6 Å². The summed E-state index contributed by atoms with van der Waals surface area (Å²) < 4.78 is 45.3. The minimum Gasteiger partial charge on any atom is -0.481 e. The normalized spacial score (nSPS) is 20.7. The summed E-state index contributed by atoms with van der Waals surface area (Å²) in [5.41, 5.74) is -0.541. The van der Waals surface area contributed by atoms with E-state index in [-0.39, 0.29) is 84.2 Å². The molecular formula is C38H52F3N5O7S. The van der Waals surface area contributed by atoms with Crippen molar-refractivity contribution in [3.05, 3.63) is 51.0 Å². The highest BCUT2D eigenvalue weighted by Gasteiger charge is 2.39. The van der Waals surface area contributed by atoms with Crippen LogP contribution in [0, 0.1) is 11.8 Å². The highest BCUT2D eigenvalue weighted by Crippen LogP contribution is 2.37. The van der Waals surface area contributed by atoms with Crippen LogP contribution in [0.4, 0.5) is 13.2 Å². The van der Waals surface area contributed by atoms with Crippen molar-refractivity contribution in [1.82, 2.24) is 25.4 Å². The molecule has 3 unspecified atom stereocenters. The van der Waals surface area contributed by atoms with Crippen LogP contribution in [0.5, 0.6) is 0 Å². The first-order chi connectivity index (χ1) is 25.5. The van der Waals surface area contributed by atoms with Gasteiger partial charge in [0, 0.05) is 37.5 Å². The monoisotopic (exact) mass is 779 g/mol. The van der Waals surface area contributed by atoms with Gasteiger partial charge in [-0.25, -0.2) is 4.98 Å². The molecule has 1 aliphatic heterocycles. The smallest absolute Gasteiger partial charge is 0.416 e. The summed E-state index contributed by atoms with van der Waals surface area (Å²) >= 11 is 0.965. The number of hydrogen-bond acceptors (Lipinski definition) is 9. The van der Waals surface area contributed by atoms with Crippen LogP contribution in [0.2, 0.25) is 0 Å². The maximum Gasteiger partial charge on any atom is 0.416 e. The number of rotatable bonds is 16. The third-order valence-electron chi connectivity index (χ3n) is 10.7. The van der Waals surface area contributed by atoms with E-state index in [1.165, 1.54) is 18.6 Å². The van der Waals surface area contributed by atoms with E-state index in [9.17, 15) is 42.3 Å². The summed E-state index contributed by atoms with van der Waals surface area (Å²) in [6.45, 7) is 8.85. The fourth-order valence-corrected chi connectivity index (χ4v) is 8.03. The summed E-state index contributed by atoms with van der Waals surface area (Å²) in [5.74, 6) is -4.47. The first-order valence-corrected chi connectivity index (χ1v) is 19.4. The van der Waals surface area contributed by atoms with Crippen molar-refractivity contribution < 1.29 is 47.0 Å². The number of carbonyl (C=O) groups excluding carboxylic acids is 4. The number of nitrogens with one attached hydrogen (secondary N) is 2. The number of ketones is 1. The summed E-state index contributed by atoms with van der Waals surface area (Å²) in [5, 5.41) is 17.1. The van der Waals surface area contributed by atoms with Crippen LogP contribution in [0.25, 0.3) is 0 Å². The summed E-state index contributed by atoms with van der Waals surface area (Å²) in [7, 11) is 3.43. The highest BCUT2D eigenvalue weighted by atomic mass is 32.1. The Labute approximate surface area is 318 Å². The topological polar surface area (TPSA) is 158 Å². The molecule has 16 heteroatoms. The molecule has 1 aromatic carbocycles. The van der Waals surface area contributed by atoms with Crippen LogP contribution in [-0.4, -0.2) is 107 Å². The lowest BCUT2D eigenvalue weighted by Crippen LogP contribution is -2.59. The third kappa shape index (κ3) is 10.4. The number of hydrogen-bond donors (Lipinski definition) is 3. The minimum absolute atomic E-state index is 0.0501. The number of likely N-dealkylation sites (tertiary alicyclic amines) is 1. The second-order valence-electron chi connectivity index (χ2n) is 14.8. The highest BCUT2D eigenvalue weighted by molar-refractivity contribution is 7.12. The molecule has 12 nitrogen and oxygen atoms in total. The molecule has 2 aliphatic rings. The van der Waals surface area contributed by atoms with Crippen LogP contribution >= 0.6 is 11.3 Å². The van der Waals surface area contributed by atoms with E-state index in [4.69, 9.17) is 4.74 Å². The number of aromatic nitrogens is 1. The molecule has 1 saturated heterocycles. The van der Waals surface area contributed by atoms with E-state index in [0.29, 0.717) is 18.4 Å². The van der Waals surface area contributed by atoms with Gasteiger partial charge in [-0.15, -0.1) is 11.3 Å². The molecule has 2 heterocycles. The van der Waals surface area contributed by atoms with Gasteiger partial charge >= 0.3 is 12.1 Å². The summed E-state index contributed by atoms with van der Waals surface area (Å²) in [6, 6.07) is 0.554. The Kier molecular flexibility index (Phi) is 14.8. The number of nitrogens with zero attached hydrogens (tertiary/aromatic N) is 3. The second-order valence-corrected chi connectivity index (χ2v) is 15.6. The number of aliphatic carboxylic acids is 1. The Hall–Kier alpha value is -3.89. The number of halogens is 3. The molecule has 4 rings (SSSR count). The van der Waals surface area contributed by atoms with E-state index < -0.39 is 47.7 Å². The molecule has 3 N–H and O–H groups in total. The molecule has 1 fully saturated rings. The summed E-state index contributed by atoms with van der Waals surface area (Å²) in [4.78, 5) is 74.9. The van der Waals surface area contributed by atoms with Gasteiger partial charge in [-0.2, -0.15) is 13.2 Å². The van der Waals surface area contributed by atoms with Crippen molar-refractivity contribution in [2.45, 2.75) is 109 Å². The largest absolute Gasteiger partial charge is 0.481 e. The molecule has 298 valence electrons. The third-order valence-corrected chi connectivity index (χ3v) is 11.6. The number of benzene rings is 1. The van der Waals surface area contributed by atoms with Crippen molar-refractivity contribution in [3.8, 4) is 0 Å². The number of carbonyl (C=O) groups is 5. The number of amides is 3.